The smallest absolute Gasteiger partial charge is 0.129 e. The Hall–Kier alpha value is -1.57. The zero-order valence-electron chi connectivity index (χ0n) is 12.0. The molecule has 0 amide bonds. The molecule has 0 fully saturated rings. The third kappa shape index (κ3) is 2.20. The summed E-state index contributed by atoms with van der Waals surface area (Å²) in [4.78, 5) is 4.82. The number of anilines is 1. The summed E-state index contributed by atoms with van der Waals surface area (Å²) in [6.45, 7) is 8.86. The van der Waals surface area contributed by atoms with E-state index in [-0.39, 0.29) is 5.41 Å². The summed E-state index contributed by atoms with van der Waals surface area (Å²) in [5.41, 5.74) is 3.81. The van der Waals surface area contributed by atoms with E-state index in [9.17, 15) is 0 Å². The van der Waals surface area contributed by atoms with Crippen molar-refractivity contribution in [1.82, 2.24) is 4.98 Å². The maximum absolute atomic E-state index is 4.82. The molecule has 0 aliphatic carbocycles. The summed E-state index contributed by atoms with van der Waals surface area (Å²) in [5, 5.41) is 4.44. The molecule has 0 saturated carbocycles. The molecule has 1 aromatic carbocycles. The van der Waals surface area contributed by atoms with Crippen LogP contribution in [0.4, 0.5) is 5.82 Å². The zero-order chi connectivity index (χ0) is 13.3. The van der Waals surface area contributed by atoms with Gasteiger partial charge in [0.05, 0.1) is 5.52 Å². The van der Waals surface area contributed by atoms with E-state index < -0.39 is 0 Å². The normalized spacial score (nSPS) is 11.8. The minimum atomic E-state index is 0.116. The number of nitrogens with zero attached hydrogens (tertiary/aromatic N) is 1. The van der Waals surface area contributed by atoms with Crippen molar-refractivity contribution in [2.75, 3.05) is 12.4 Å². The first-order valence-electron chi connectivity index (χ1n) is 6.58. The van der Waals surface area contributed by atoms with E-state index in [1.54, 1.807) is 0 Å². The predicted molar refractivity (Wildman–Crippen MR) is 79.4 cm³/mol. The van der Waals surface area contributed by atoms with Crippen LogP contribution in [0, 0.1) is 0 Å². The monoisotopic (exact) mass is 242 g/mol. The van der Waals surface area contributed by atoms with E-state index in [4.69, 9.17) is 4.98 Å². The molecule has 18 heavy (non-hydrogen) atoms. The van der Waals surface area contributed by atoms with Crippen LogP contribution in [-0.2, 0) is 11.8 Å². The fourth-order valence-electron chi connectivity index (χ4n) is 2.33. The number of hydrogen-bond donors (Lipinski definition) is 1. The van der Waals surface area contributed by atoms with E-state index in [0.29, 0.717) is 0 Å². The molecular weight excluding hydrogens is 220 g/mol. The summed E-state index contributed by atoms with van der Waals surface area (Å²) in [6, 6.07) is 8.71. The molecule has 0 aliphatic rings. The number of aryl methyl sites for hydroxylation is 1. The van der Waals surface area contributed by atoms with E-state index >= 15 is 0 Å². The first-order chi connectivity index (χ1) is 8.47. The van der Waals surface area contributed by atoms with Crippen molar-refractivity contribution in [3.05, 3.63) is 35.4 Å². The molecule has 1 heterocycles. The summed E-state index contributed by atoms with van der Waals surface area (Å²) >= 11 is 0. The maximum Gasteiger partial charge on any atom is 0.129 e. The number of aromatic nitrogens is 1. The summed E-state index contributed by atoms with van der Waals surface area (Å²) in [7, 11) is 1.94. The molecular formula is C16H22N2. The van der Waals surface area contributed by atoms with Gasteiger partial charge in [-0.2, -0.15) is 0 Å². The van der Waals surface area contributed by atoms with Gasteiger partial charge in [0.25, 0.3) is 0 Å². The molecule has 0 atom stereocenters. The van der Waals surface area contributed by atoms with E-state index in [2.05, 4.69) is 57.3 Å². The molecule has 96 valence electrons. The van der Waals surface area contributed by atoms with Crippen LogP contribution in [0.5, 0.6) is 0 Å². The zero-order valence-corrected chi connectivity index (χ0v) is 12.0. The minimum Gasteiger partial charge on any atom is -0.373 e. The van der Waals surface area contributed by atoms with Gasteiger partial charge >= 0.3 is 0 Å². The second-order valence-corrected chi connectivity index (χ2v) is 5.73. The quantitative estimate of drug-likeness (QED) is 0.856. The number of pyridine rings is 1. The summed E-state index contributed by atoms with van der Waals surface area (Å²) in [6.07, 6.45) is 0.999. The van der Waals surface area contributed by atoms with Crippen molar-refractivity contribution in [3.63, 3.8) is 0 Å². The van der Waals surface area contributed by atoms with Crippen LogP contribution in [0.15, 0.2) is 24.3 Å². The molecule has 2 nitrogen and oxygen atoms in total. The fraction of sp³-hybridized carbons (Fsp3) is 0.438. The first-order valence-corrected chi connectivity index (χ1v) is 6.58. The van der Waals surface area contributed by atoms with Gasteiger partial charge in [-0.05, 0) is 29.0 Å². The molecule has 0 radical (unpaired) electrons. The van der Waals surface area contributed by atoms with Gasteiger partial charge in [-0.3, -0.25) is 0 Å². The number of rotatable bonds is 2. The van der Waals surface area contributed by atoms with Crippen molar-refractivity contribution in [3.8, 4) is 0 Å². The van der Waals surface area contributed by atoms with Crippen LogP contribution in [0.1, 0.15) is 38.8 Å². The van der Waals surface area contributed by atoms with Crippen molar-refractivity contribution < 1.29 is 0 Å². The molecule has 2 heteroatoms. The van der Waals surface area contributed by atoms with Crippen molar-refractivity contribution >= 4 is 16.7 Å². The van der Waals surface area contributed by atoms with Crippen molar-refractivity contribution in [2.45, 2.75) is 39.5 Å². The average molecular weight is 242 g/mol. The topological polar surface area (TPSA) is 24.9 Å². The third-order valence-electron chi connectivity index (χ3n) is 3.35. The Bertz CT molecular complexity index is 565. The van der Waals surface area contributed by atoms with Gasteiger partial charge in [0.2, 0.25) is 0 Å². The molecule has 2 aromatic rings. The highest BCUT2D eigenvalue weighted by Crippen LogP contribution is 2.30. The number of fused-ring (bicyclic) bond motifs is 1. The summed E-state index contributed by atoms with van der Waals surface area (Å²) in [5.74, 6) is 1.00. The van der Waals surface area contributed by atoms with E-state index in [1.807, 2.05) is 7.05 Å². The van der Waals surface area contributed by atoms with Gasteiger partial charge in [0.1, 0.15) is 5.82 Å². The molecule has 1 aromatic heterocycles. The molecule has 2 rings (SSSR count). The SMILES string of the molecule is CCc1cc2cccc(C(C)(C)C)c2nc1NC. The molecule has 1 N–H and O–H groups in total. The van der Waals surface area contributed by atoms with Crippen LogP contribution >= 0.6 is 0 Å². The average Bonchev–Trinajstić information content (AvgIpc) is 2.35. The van der Waals surface area contributed by atoms with Gasteiger partial charge in [0, 0.05) is 12.4 Å². The highest BCUT2D eigenvalue weighted by molar-refractivity contribution is 5.85. The number of nitrogens with one attached hydrogen (secondary N) is 1. The molecule has 0 unspecified atom stereocenters. The lowest BCUT2D eigenvalue weighted by atomic mass is 9.85. The van der Waals surface area contributed by atoms with Gasteiger partial charge in [-0.1, -0.05) is 45.9 Å². The lowest BCUT2D eigenvalue weighted by molar-refractivity contribution is 0.594. The van der Waals surface area contributed by atoms with Crippen molar-refractivity contribution in [2.24, 2.45) is 0 Å². The maximum atomic E-state index is 4.82. The highest BCUT2D eigenvalue weighted by atomic mass is 15.0. The van der Waals surface area contributed by atoms with Gasteiger partial charge < -0.3 is 5.32 Å². The molecule has 0 spiro atoms. The number of hydrogen-bond acceptors (Lipinski definition) is 2. The second kappa shape index (κ2) is 4.60. The lowest BCUT2D eigenvalue weighted by Crippen LogP contribution is -2.12. The minimum absolute atomic E-state index is 0.116. The standard InChI is InChI=1S/C16H22N2/c1-6-11-10-12-8-7-9-13(16(2,3)4)14(12)18-15(11)17-5/h7-10H,6H2,1-5H3,(H,17,18). The van der Waals surface area contributed by atoms with Crippen LogP contribution in [0.25, 0.3) is 10.9 Å². The van der Waals surface area contributed by atoms with Gasteiger partial charge in [-0.15, -0.1) is 0 Å². The largest absolute Gasteiger partial charge is 0.373 e. The van der Waals surface area contributed by atoms with Crippen LogP contribution in [0.2, 0.25) is 0 Å². The molecule has 0 bridgehead atoms. The Morgan fingerprint density at radius 2 is 1.94 bits per heavy atom. The van der Waals surface area contributed by atoms with E-state index in [0.717, 1.165) is 17.8 Å². The van der Waals surface area contributed by atoms with E-state index in [1.165, 1.54) is 16.5 Å². The number of para-hydroxylation sites is 1. The third-order valence-corrected chi connectivity index (χ3v) is 3.35. The highest BCUT2D eigenvalue weighted by Gasteiger charge is 2.18. The fourth-order valence-corrected chi connectivity index (χ4v) is 2.33. The Morgan fingerprint density at radius 1 is 1.22 bits per heavy atom. The van der Waals surface area contributed by atoms with Gasteiger partial charge in [-0.25, -0.2) is 4.98 Å². The lowest BCUT2D eigenvalue weighted by Gasteiger charge is -2.21. The van der Waals surface area contributed by atoms with Crippen LogP contribution in [0.3, 0.4) is 0 Å². The predicted octanol–water partition coefficient (Wildman–Crippen LogP) is 4.14. The van der Waals surface area contributed by atoms with Gasteiger partial charge in [0.15, 0.2) is 0 Å². The number of benzene rings is 1. The Morgan fingerprint density at radius 3 is 2.50 bits per heavy atom. The first kappa shape index (κ1) is 12.9. The Labute approximate surface area is 109 Å². The summed E-state index contributed by atoms with van der Waals surface area (Å²) < 4.78 is 0. The van der Waals surface area contributed by atoms with Crippen molar-refractivity contribution in [1.29, 1.82) is 0 Å². The molecule has 0 saturated heterocycles. The molecule has 0 aliphatic heterocycles. The Balaban J connectivity index is 2.77. The van der Waals surface area contributed by atoms with Crippen LogP contribution in [-0.4, -0.2) is 12.0 Å². The second-order valence-electron chi connectivity index (χ2n) is 5.73. The Kier molecular flexibility index (Phi) is 3.29. The van der Waals surface area contributed by atoms with Crippen LogP contribution < -0.4 is 5.32 Å².